The number of para-hydroxylation sites is 2. The van der Waals surface area contributed by atoms with E-state index in [1.807, 2.05) is 63.2 Å². The molecule has 0 saturated carbocycles. The molecule has 3 heterocycles. The van der Waals surface area contributed by atoms with E-state index >= 15 is 0 Å². The van der Waals surface area contributed by atoms with E-state index in [4.69, 9.17) is 12.1 Å². The second-order valence-corrected chi connectivity index (χ2v) is 18.9. The van der Waals surface area contributed by atoms with Gasteiger partial charge in [0.25, 0.3) is 0 Å². The van der Waals surface area contributed by atoms with Gasteiger partial charge in [-0.2, -0.15) is 0 Å². The zero-order valence-corrected chi connectivity index (χ0v) is 42.0. The summed E-state index contributed by atoms with van der Waals surface area (Å²) in [6, 6.07) is 67.6. The number of nitrogens with zero attached hydrogens (tertiary/aromatic N) is 3. The average Bonchev–Trinajstić information content (AvgIpc) is 3.96. The fourth-order valence-corrected chi connectivity index (χ4v) is 9.24. The third kappa shape index (κ3) is 9.09. The molecule has 0 unspecified atom stereocenters. The van der Waals surface area contributed by atoms with E-state index < -0.39 is 11.8 Å². The number of imidazole rings is 1. The second kappa shape index (κ2) is 19.4. The summed E-state index contributed by atoms with van der Waals surface area (Å²) < 4.78 is 25.9. The van der Waals surface area contributed by atoms with Gasteiger partial charge in [0.1, 0.15) is 5.58 Å². The van der Waals surface area contributed by atoms with Gasteiger partial charge in [0.15, 0.2) is 0 Å². The van der Waals surface area contributed by atoms with Crippen LogP contribution >= 0.6 is 0 Å². The van der Waals surface area contributed by atoms with Gasteiger partial charge >= 0.3 is 0 Å². The summed E-state index contributed by atoms with van der Waals surface area (Å²) in [4.78, 5) is 9.73. The van der Waals surface area contributed by atoms with Gasteiger partial charge in [-0.25, -0.2) is 0 Å². The van der Waals surface area contributed by atoms with Crippen molar-refractivity contribution in [2.75, 3.05) is 0 Å². The van der Waals surface area contributed by atoms with Crippen LogP contribution in [0, 0.1) is 17.5 Å². The first-order valence-electron chi connectivity index (χ1n) is 24.3. The quantitative estimate of drug-likeness (QED) is 0.142. The normalized spacial score (nSPS) is 12.3. The van der Waals surface area contributed by atoms with Crippen LogP contribution in [0.5, 0.6) is 0 Å². The van der Waals surface area contributed by atoms with Crippen molar-refractivity contribution in [2.24, 2.45) is 5.41 Å². The average molecular weight is 1060 g/mol. The van der Waals surface area contributed by atoms with E-state index in [-0.39, 0.29) is 31.9 Å². The maximum absolute atomic E-state index is 8.21. The number of fused-ring (bicyclic) bond motifs is 6. The van der Waals surface area contributed by atoms with Crippen molar-refractivity contribution in [2.45, 2.75) is 66.7 Å². The van der Waals surface area contributed by atoms with E-state index in [1.165, 1.54) is 27.9 Å². The van der Waals surface area contributed by atoms with Crippen LogP contribution in [-0.2, 0) is 26.5 Å². The van der Waals surface area contributed by atoms with E-state index in [0.29, 0.717) is 5.56 Å². The summed E-state index contributed by atoms with van der Waals surface area (Å²) in [5.74, 6) is 1.37. The molecule has 0 N–H and O–H groups in total. The maximum atomic E-state index is 8.21. The number of benzene rings is 8. The largest absolute Gasteiger partial charge is 0.500 e. The first-order chi connectivity index (χ1) is 33.3. The van der Waals surface area contributed by atoms with Gasteiger partial charge in [0.05, 0.1) is 22.4 Å². The van der Waals surface area contributed by atoms with Crippen molar-refractivity contribution >= 4 is 43.7 Å². The topological polar surface area (TPSA) is 43.9 Å². The predicted octanol–water partition coefficient (Wildman–Crippen LogP) is 17.3. The van der Waals surface area contributed by atoms with Gasteiger partial charge in [-0.1, -0.05) is 169 Å². The Balaban J connectivity index is 0.000000257. The molecule has 339 valence electrons. The number of aromatic nitrogens is 3. The minimum Gasteiger partial charge on any atom is -0.500 e. The summed E-state index contributed by atoms with van der Waals surface area (Å²) in [5, 5.41) is 4.42. The molecule has 4 nitrogen and oxygen atoms in total. The zero-order chi connectivity index (χ0) is 48.0. The summed E-state index contributed by atoms with van der Waals surface area (Å²) in [5.41, 5.74) is 15.0. The molecule has 0 aliphatic carbocycles. The van der Waals surface area contributed by atoms with Crippen molar-refractivity contribution < 1.29 is 27.3 Å². The van der Waals surface area contributed by atoms with Crippen LogP contribution in [-0.4, -0.2) is 14.5 Å². The Kier molecular flexibility index (Phi) is 12.4. The third-order valence-corrected chi connectivity index (χ3v) is 12.3. The van der Waals surface area contributed by atoms with Crippen molar-refractivity contribution in [3.8, 4) is 50.6 Å². The molecule has 11 rings (SSSR count). The molecule has 0 fully saturated rings. The molecule has 0 bridgehead atoms. The Hall–Kier alpha value is -6.91. The van der Waals surface area contributed by atoms with Crippen LogP contribution in [0.4, 0.5) is 0 Å². The molecular formula is C63H55IrN3O-2. The molecule has 0 amide bonds. The summed E-state index contributed by atoms with van der Waals surface area (Å²) in [6.45, 7) is 14.8. The smallest absolute Gasteiger partial charge is 0.129 e. The number of hydrogen-bond acceptors (Lipinski definition) is 3. The molecule has 0 aliphatic heterocycles. The standard InChI is InChI=1S/C47H37N2O.C16H18N.Ir/c1-29(2)38-27-34(31-16-7-5-8-17-31)28-39(30(3)4)44(38)49-42-25-14-13-24-41(42)48-47(49)37-23-15-22-36-43-40(32-18-9-6-10-19-32)26-33-20-11-12-21-35(33)46(43)50-45(36)37;1-16(2,3)11-13-9-10-15(17-12-13)14-7-5-4-6-8-14;/h5-22,24-30H,1-4H3;4-7,9-10,12H,11H2,1-3H3;/q2*-1;/i;11D2;. The Bertz CT molecular complexity index is 3580. The molecule has 0 aliphatic rings. The minimum atomic E-state index is -1.40. The van der Waals surface area contributed by atoms with Gasteiger partial charge in [0, 0.05) is 45.5 Å². The molecular weight excluding hydrogens is 1010 g/mol. The third-order valence-electron chi connectivity index (χ3n) is 12.3. The van der Waals surface area contributed by atoms with E-state index in [9.17, 15) is 0 Å². The van der Waals surface area contributed by atoms with Crippen LogP contribution < -0.4 is 0 Å². The van der Waals surface area contributed by atoms with Crippen molar-refractivity contribution in [3.63, 3.8) is 0 Å². The predicted molar refractivity (Wildman–Crippen MR) is 281 cm³/mol. The number of pyridine rings is 1. The van der Waals surface area contributed by atoms with Crippen LogP contribution in [0.1, 0.15) is 79.7 Å². The Labute approximate surface area is 416 Å². The van der Waals surface area contributed by atoms with Crippen LogP contribution in [0.3, 0.4) is 0 Å². The molecule has 0 spiro atoms. The Morgan fingerprint density at radius 2 is 1.29 bits per heavy atom. The fourth-order valence-electron chi connectivity index (χ4n) is 9.24. The zero-order valence-electron chi connectivity index (χ0n) is 41.6. The van der Waals surface area contributed by atoms with Gasteiger partial charge in [-0.05, 0) is 104 Å². The van der Waals surface area contributed by atoms with Crippen molar-refractivity contribution in [1.29, 1.82) is 0 Å². The molecule has 3 aromatic heterocycles. The molecule has 5 heteroatoms. The summed E-state index contributed by atoms with van der Waals surface area (Å²) in [6.07, 6.45) is 0.223. The SMILES string of the molecule is CC(C)c1cc(-c2ccccc2)cc(C(C)C)c1-n1c(-c2[c-]ccc3c2oc2c4ccccc4cc(-c4ccccc4)c32)nc2ccccc21.[2H]C([2H])(c1ccc(-c2[c-]cccc2)nc1)C(C)(C)C.[Ir]. The monoisotopic (exact) mass is 1060 g/mol. The minimum absolute atomic E-state index is 0. The van der Waals surface area contributed by atoms with Gasteiger partial charge in [-0.15, -0.1) is 54.1 Å². The Morgan fingerprint density at radius 3 is 1.96 bits per heavy atom. The fraction of sp³-hybridized carbons (Fsp3) is 0.175. The van der Waals surface area contributed by atoms with E-state index in [2.05, 4.69) is 183 Å². The second-order valence-electron chi connectivity index (χ2n) is 18.9. The molecule has 68 heavy (non-hydrogen) atoms. The Morgan fingerprint density at radius 1 is 0.632 bits per heavy atom. The van der Waals surface area contributed by atoms with Crippen LogP contribution in [0.2, 0.25) is 0 Å². The molecule has 0 atom stereocenters. The number of rotatable bonds is 8. The maximum Gasteiger partial charge on any atom is 0.129 e. The van der Waals surface area contributed by atoms with Crippen LogP contribution in [0.15, 0.2) is 187 Å². The number of hydrogen-bond donors (Lipinski definition) is 0. The molecule has 0 saturated heterocycles. The van der Waals surface area contributed by atoms with Crippen molar-refractivity contribution in [3.05, 3.63) is 211 Å². The summed E-state index contributed by atoms with van der Waals surface area (Å²) >= 11 is 0. The van der Waals surface area contributed by atoms with E-state index in [0.717, 1.165) is 77.5 Å². The molecule has 8 aromatic carbocycles. The molecule has 11 aromatic rings. The summed E-state index contributed by atoms with van der Waals surface area (Å²) in [7, 11) is 0. The van der Waals surface area contributed by atoms with Crippen molar-refractivity contribution in [1.82, 2.24) is 14.5 Å². The van der Waals surface area contributed by atoms with E-state index in [1.54, 1.807) is 6.20 Å². The van der Waals surface area contributed by atoms with Crippen LogP contribution in [0.25, 0.3) is 94.3 Å². The first kappa shape index (κ1) is 43.6. The van der Waals surface area contributed by atoms with Gasteiger partial charge in [0.2, 0.25) is 0 Å². The van der Waals surface area contributed by atoms with Gasteiger partial charge in [-0.3, -0.25) is 4.98 Å². The van der Waals surface area contributed by atoms with Gasteiger partial charge < -0.3 is 14.0 Å². The number of furan rings is 1. The first-order valence-corrected chi connectivity index (χ1v) is 23.3. The molecule has 1 radical (unpaired) electrons.